The summed E-state index contributed by atoms with van der Waals surface area (Å²) in [6.45, 7) is 2.98. The number of nitrogens with one attached hydrogen (secondary N) is 2. The molecule has 31 heavy (non-hydrogen) atoms. The van der Waals surface area contributed by atoms with Crippen LogP contribution >= 0.6 is 11.3 Å². The summed E-state index contributed by atoms with van der Waals surface area (Å²) in [5.74, 6) is -0.365. The molecule has 3 aromatic rings. The van der Waals surface area contributed by atoms with Gasteiger partial charge in [0.15, 0.2) is 0 Å². The summed E-state index contributed by atoms with van der Waals surface area (Å²) < 4.78 is 33.3. The minimum absolute atomic E-state index is 0.0539. The van der Waals surface area contributed by atoms with Gasteiger partial charge < -0.3 is 15.0 Å². The van der Waals surface area contributed by atoms with E-state index in [1.807, 2.05) is 41.8 Å². The van der Waals surface area contributed by atoms with Crippen LogP contribution in [0, 0.1) is 0 Å². The van der Waals surface area contributed by atoms with Crippen molar-refractivity contribution in [2.45, 2.75) is 11.4 Å². The number of thiophene rings is 1. The van der Waals surface area contributed by atoms with Crippen LogP contribution in [0.5, 0.6) is 0 Å². The predicted octanol–water partition coefficient (Wildman–Crippen LogP) is 3.32. The maximum absolute atomic E-state index is 12.9. The highest BCUT2D eigenvalue weighted by Gasteiger charge is 2.19. The fourth-order valence-electron chi connectivity index (χ4n) is 3.32. The minimum Gasteiger partial charge on any atom is -0.378 e. The third-order valence-corrected chi connectivity index (χ3v) is 7.20. The second kappa shape index (κ2) is 9.61. The van der Waals surface area contributed by atoms with Crippen molar-refractivity contribution in [1.82, 2.24) is 4.72 Å². The third-order valence-electron chi connectivity index (χ3n) is 4.93. The van der Waals surface area contributed by atoms with E-state index >= 15 is 0 Å². The molecule has 1 aliphatic rings. The first-order valence-corrected chi connectivity index (χ1v) is 12.2. The molecular formula is C22H23N3O4S2. The summed E-state index contributed by atoms with van der Waals surface area (Å²) in [4.78, 5) is 16.0. The Labute approximate surface area is 185 Å². The first-order chi connectivity index (χ1) is 15.0. The van der Waals surface area contributed by atoms with Crippen molar-refractivity contribution >= 4 is 38.6 Å². The van der Waals surface area contributed by atoms with Gasteiger partial charge in [0, 0.05) is 30.1 Å². The molecule has 2 aromatic carbocycles. The number of nitrogens with zero attached hydrogens (tertiary/aromatic N) is 1. The molecular weight excluding hydrogens is 434 g/mol. The van der Waals surface area contributed by atoms with Crippen molar-refractivity contribution in [1.29, 1.82) is 0 Å². The standard InChI is InChI=1S/C22H23N3O4S2/c26-22(24-20-8-1-2-9-21(20)25-10-12-29-13-11-25)17-5-3-7-19(15-17)31(27,28)23-16-18-6-4-14-30-18/h1-9,14-15,23H,10-13,16H2,(H,24,26). The van der Waals surface area contributed by atoms with E-state index in [0.29, 0.717) is 18.9 Å². The second-order valence-electron chi connectivity index (χ2n) is 7.00. The molecule has 1 saturated heterocycles. The van der Waals surface area contributed by atoms with Crippen LogP contribution in [0.4, 0.5) is 11.4 Å². The Morgan fingerprint density at radius 2 is 1.84 bits per heavy atom. The lowest BCUT2D eigenvalue weighted by molar-refractivity contribution is 0.102. The maximum Gasteiger partial charge on any atom is 0.255 e. The summed E-state index contributed by atoms with van der Waals surface area (Å²) in [5.41, 5.74) is 1.87. The smallest absolute Gasteiger partial charge is 0.255 e. The van der Waals surface area contributed by atoms with E-state index in [2.05, 4.69) is 14.9 Å². The van der Waals surface area contributed by atoms with Crippen molar-refractivity contribution in [2.75, 3.05) is 36.5 Å². The van der Waals surface area contributed by atoms with Crippen LogP contribution in [-0.2, 0) is 21.3 Å². The van der Waals surface area contributed by atoms with Crippen LogP contribution in [-0.4, -0.2) is 40.6 Å². The van der Waals surface area contributed by atoms with Gasteiger partial charge in [0.2, 0.25) is 10.0 Å². The van der Waals surface area contributed by atoms with Crippen LogP contribution < -0.4 is 14.9 Å². The number of para-hydroxylation sites is 2. The number of carbonyl (C=O) groups excluding carboxylic acids is 1. The van der Waals surface area contributed by atoms with Gasteiger partial charge in [-0.2, -0.15) is 0 Å². The van der Waals surface area contributed by atoms with Crippen molar-refractivity contribution in [3.63, 3.8) is 0 Å². The molecule has 0 spiro atoms. The Bertz CT molecular complexity index is 1140. The van der Waals surface area contributed by atoms with Gasteiger partial charge in [-0.1, -0.05) is 24.3 Å². The van der Waals surface area contributed by atoms with Gasteiger partial charge in [-0.3, -0.25) is 4.79 Å². The zero-order chi connectivity index (χ0) is 21.7. The van der Waals surface area contributed by atoms with E-state index in [-0.39, 0.29) is 22.9 Å². The number of ether oxygens (including phenoxy) is 1. The lowest BCUT2D eigenvalue weighted by atomic mass is 10.2. The normalized spacial score (nSPS) is 14.4. The Kier molecular flexibility index (Phi) is 6.67. The molecule has 0 radical (unpaired) electrons. The molecule has 4 rings (SSSR count). The van der Waals surface area contributed by atoms with Crippen LogP contribution in [0.3, 0.4) is 0 Å². The number of hydrogen-bond donors (Lipinski definition) is 2. The Balaban J connectivity index is 1.50. The van der Waals surface area contributed by atoms with Gasteiger partial charge >= 0.3 is 0 Å². The minimum atomic E-state index is -3.74. The number of morpholine rings is 1. The summed E-state index contributed by atoms with van der Waals surface area (Å²) in [7, 11) is -3.74. The molecule has 1 amide bonds. The number of amides is 1. The molecule has 162 valence electrons. The molecule has 0 bridgehead atoms. The molecule has 0 atom stereocenters. The summed E-state index contributed by atoms with van der Waals surface area (Å²) in [5, 5.41) is 4.81. The molecule has 1 aliphatic heterocycles. The highest BCUT2D eigenvalue weighted by atomic mass is 32.2. The number of hydrogen-bond acceptors (Lipinski definition) is 6. The van der Waals surface area contributed by atoms with E-state index in [0.717, 1.165) is 23.7 Å². The van der Waals surface area contributed by atoms with Gasteiger partial charge in [0.1, 0.15) is 0 Å². The molecule has 2 N–H and O–H groups in total. The van der Waals surface area contributed by atoms with Crippen molar-refractivity contribution < 1.29 is 17.9 Å². The monoisotopic (exact) mass is 457 g/mol. The number of rotatable bonds is 7. The zero-order valence-corrected chi connectivity index (χ0v) is 18.4. The molecule has 7 nitrogen and oxygen atoms in total. The molecule has 2 heterocycles. The average Bonchev–Trinajstić information content (AvgIpc) is 3.33. The molecule has 9 heteroatoms. The Morgan fingerprint density at radius 1 is 1.03 bits per heavy atom. The van der Waals surface area contributed by atoms with Gasteiger partial charge in [0.05, 0.1) is 29.5 Å². The van der Waals surface area contributed by atoms with Crippen molar-refractivity contribution in [3.05, 3.63) is 76.5 Å². The summed E-state index contributed by atoms with van der Waals surface area (Å²) in [6, 6.07) is 17.4. The molecule has 1 fully saturated rings. The quantitative estimate of drug-likeness (QED) is 0.568. The van der Waals surface area contributed by atoms with Crippen LogP contribution in [0.2, 0.25) is 0 Å². The fraction of sp³-hybridized carbons (Fsp3) is 0.227. The topological polar surface area (TPSA) is 87.7 Å². The molecule has 0 unspecified atom stereocenters. The zero-order valence-electron chi connectivity index (χ0n) is 16.8. The van der Waals surface area contributed by atoms with Crippen molar-refractivity contribution in [2.24, 2.45) is 0 Å². The Hall–Kier alpha value is -2.72. The summed E-state index contributed by atoms with van der Waals surface area (Å²) >= 11 is 1.48. The average molecular weight is 458 g/mol. The van der Waals surface area contributed by atoms with E-state index in [9.17, 15) is 13.2 Å². The SMILES string of the molecule is O=C(Nc1ccccc1N1CCOCC1)c1cccc(S(=O)(=O)NCc2cccs2)c1. The van der Waals surface area contributed by atoms with Crippen LogP contribution in [0.15, 0.2) is 70.9 Å². The maximum atomic E-state index is 12.9. The number of benzene rings is 2. The molecule has 1 aromatic heterocycles. The van der Waals surface area contributed by atoms with Gasteiger partial charge in [-0.15, -0.1) is 11.3 Å². The van der Waals surface area contributed by atoms with E-state index in [1.54, 1.807) is 12.1 Å². The molecule has 0 aliphatic carbocycles. The second-order valence-corrected chi connectivity index (χ2v) is 9.80. The fourth-order valence-corrected chi connectivity index (χ4v) is 5.11. The lowest BCUT2D eigenvalue weighted by Crippen LogP contribution is -2.36. The van der Waals surface area contributed by atoms with Gasteiger partial charge in [-0.25, -0.2) is 13.1 Å². The van der Waals surface area contributed by atoms with E-state index in [1.165, 1.54) is 23.5 Å². The van der Waals surface area contributed by atoms with Gasteiger partial charge in [-0.05, 0) is 41.8 Å². The van der Waals surface area contributed by atoms with E-state index in [4.69, 9.17) is 4.74 Å². The highest BCUT2D eigenvalue weighted by Crippen LogP contribution is 2.27. The first-order valence-electron chi connectivity index (χ1n) is 9.88. The van der Waals surface area contributed by atoms with E-state index < -0.39 is 10.0 Å². The third kappa shape index (κ3) is 5.31. The lowest BCUT2D eigenvalue weighted by Gasteiger charge is -2.30. The Morgan fingerprint density at radius 3 is 2.61 bits per heavy atom. The van der Waals surface area contributed by atoms with Gasteiger partial charge in [0.25, 0.3) is 5.91 Å². The number of carbonyl (C=O) groups is 1. The number of sulfonamides is 1. The van der Waals surface area contributed by atoms with Crippen molar-refractivity contribution in [3.8, 4) is 0 Å². The largest absolute Gasteiger partial charge is 0.378 e. The highest BCUT2D eigenvalue weighted by molar-refractivity contribution is 7.89. The van der Waals surface area contributed by atoms with Crippen LogP contribution in [0.1, 0.15) is 15.2 Å². The first kappa shape index (κ1) is 21.5. The summed E-state index contributed by atoms with van der Waals surface area (Å²) in [6.07, 6.45) is 0. The molecule has 0 saturated carbocycles. The predicted molar refractivity (Wildman–Crippen MR) is 122 cm³/mol. The number of anilines is 2. The van der Waals surface area contributed by atoms with Crippen LogP contribution in [0.25, 0.3) is 0 Å².